The molecule has 142 valence electrons. The summed E-state index contributed by atoms with van der Waals surface area (Å²) in [5.74, 6) is 0.686. The molecule has 0 aromatic heterocycles. The van der Waals surface area contributed by atoms with Gasteiger partial charge in [0.15, 0.2) is 0 Å². The van der Waals surface area contributed by atoms with Crippen molar-refractivity contribution in [3.05, 3.63) is 71.0 Å². The first kappa shape index (κ1) is 22.0. The number of hydrogen-bond donors (Lipinski definition) is 1. The molecule has 0 spiro atoms. The average molecular weight is 354 g/mol. The zero-order valence-corrected chi connectivity index (χ0v) is 16.7. The van der Waals surface area contributed by atoms with E-state index in [4.69, 9.17) is 5.73 Å². The van der Waals surface area contributed by atoms with Crippen LogP contribution in [-0.2, 0) is 11.2 Å². The van der Waals surface area contributed by atoms with E-state index >= 15 is 0 Å². The number of aldehydes is 1. The number of aryl methyl sites for hydroxylation is 1. The maximum Gasteiger partial charge on any atom is 0.120 e. The molecule has 0 aliphatic heterocycles. The van der Waals surface area contributed by atoms with E-state index in [-0.39, 0.29) is 0 Å². The fourth-order valence-corrected chi connectivity index (χ4v) is 3.11. The monoisotopic (exact) mass is 353 g/mol. The van der Waals surface area contributed by atoms with E-state index < -0.39 is 0 Å². The van der Waals surface area contributed by atoms with Crippen LogP contribution in [0, 0.1) is 0 Å². The average Bonchev–Trinajstić information content (AvgIpc) is 2.84. The Bertz CT molecular complexity index is 625. The van der Waals surface area contributed by atoms with E-state index in [0.29, 0.717) is 12.3 Å². The Labute approximate surface area is 159 Å². The zero-order chi connectivity index (χ0) is 19.2. The Morgan fingerprint density at radius 3 is 2.77 bits per heavy atom. The van der Waals surface area contributed by atoms with Crippen molar-refractivity contribution in [2.75, 3.05) is 0 Å². The Hall–Kier alpha value is -2.09. The molecule has 1 aliphatic rings. The summed E-state index contributed by atoms with van der Waals surface area (Å²) in [5, 5.41) is 0. The van der Waals surface area contributed by atoms with Crippen molar-refractivity contribution in [3.63, 3.8) is 0 Å². The van der Waals surface area contributed by atoms with Gasteiger partial charge in [-0.1, -0.05) is 69.2 Å². The Kier molecular flexibility index (Phi) is 11.1. The lowest BCUT2D eigenvalue weighted by Gasteiger charge is -2.15. The van der Waals surface area contributed by atoms with Gasteiger partial charge in [-0.05, 0) is 61.3 Å². The number of benzene rings is 1. The first-order valence-corrected chi connectivity index (χ1v) is 9.93. The lowest BCUT2D eigenvalue weighted by atomic mass is 9.90. The number of carbonyl (C=O) groups excluding carboxylic acids is 1. The van der Waals surface area contributed by atoms with Crippen LogP contribution in [0.15, 0.2) is 59.8 Å². The van der Waals surface area contributed by atoms with Crippen molar-refractivity contribution in [1.29, 1.82) is 0 Å². The van der Waals surface area contributed by atoms with Crippen LogP contribution in [0.5, 0.6) is 0 Å². The van der Waals surface area contributed by atoms with E-state index in [0.717, 1.165) is 24.8 Å². The summed E-state index contributed by atoms with van der Waals surface area (Å²) in [7, 11) is 0. The van der Waals surface area contributed by atoms with Crippen molar-refractivity contribution in [2.24, 2.45) is 5.73 Å². The highest BCUT2D eigenvalue weighted by Crippen LogP contribution is 2.26. The molecule has 2 nitrogen and oxygen atoms in total. The van der Waals surface area contributed by atoms with Gasteiger partial charge < -0.3 is 10.5 Å². The van der Waals surface area contributed by atoms with Crippen LogP contribution < -0.4 is 5.73 Å². The Morgan fingerprint density at radius 1 is 1.27 bits per heavy atom. The molecule has 1 aromatic rings. The molecule has 0 saturated carbocycles. The highest BCUT2D eigenvalue weighted by Gasteiger charge is 2.09. The molecule has 1 unspecified atom stereocenters. The predicted molar refractivity (Wildman–Crippen MR) is 113 cm³/mol. The van der Waals surface area contributed by atoms with Crippen molar-refractivity contribution >= 4 is 6.29 Å². The predicted octanol–water partition coefficient (Wildman–Crippen LogP) is 6.24. The van der Waals surface area contributed by atoms with Gasteiger partial charge in [-0.25, -0.2) is 0 Å². The minimum Gasteiger partial charge on any atom is -0.399 e. The number of rotatable bonds is 8. The summed E-state index contributed by atoms with van der Waals surface area (Å²) >= 11 is 0. The highest BCUT2D eigenvalue weighted by atomic mass is 16.1. The summed E-state index contributed by atoms with van der Waals surface area (Å²) < 4.78 is 0. The Balaban J connectivity index is 0.000000314. The van der Waals surface area contributed by atoms with Crippen LogP contribution in [0.1, 0.15) is 76.3 Å². The fourth-order valence-electron chi connectivity index (χ4n) is 3.11. The quantitative estimate of drug-likeness (QED) is 0.562. The van der Waals surface area contributed by atoms with Crippen molar-refractivity contribution in [1.82, 2.24) is 0 Å². The first-order valence-electron chi connectivity index (χ1n) is 9.93. The van der Waals surface area contributed by atoms with Gasteiger partial charge in [-0.2, -0.15) is 0 Å². The van der Waals surface area contributed by atoms with Gasteiger partial charge in [0.2, 0.25) is 0 Å². The van der Waals surface area contributed by atoms with Crippen LogP contribution in [-0.4, -0.2) is 6.29 Å². The van der Waals surface area contributed by atoms with E-state index in [1.54, 1.807) is 0 Å². The smallest absolute Gasteiger partial charge is 0.120 e. The topological polar surface area (TPSA) is 43.1 Å². The summed E-state index contributed by atoms with van der Waals surface area (Å²) in [6.07, 6.45) is 16.7. The van der Waals surface area contributed by atoms with Gasteiger partial charge in [-0.15, -0.1) is 0 Å². The second-order valence-corrected chi connectivity index (χ2v) is 6.93. The van der Waals surface area contributed by atoms with Crippen LogP contribution in [0.25, 0.3) is 0 Å². The van der Waals surface area contributed by atoms with E-state index in [1.807, 2.05) is 19.1 Å². The number of nitrogens with two attached hydrogens (primary N) is 1. The highest BCUT2D eigenvalue weighted by molar-refractivity contribution is 5.50. The van der Waals surface area contributed by atoms with Gasteiger partial charge in [0.1, 0.15) is 6.29 Å². The largest absolute Gasteiger partial charge is 0.399 e. The molecule has 0 amide bonds. The second kappa shape index (κ2) is 13.2. The minimum absolute atomic E-state index is 0.634. The maximum atomic E-state index is 10.4. The molecule has 2 heteroatoms. The first-order chi connectivity index (χ1) is 12.6. The standard InChI is InChI=1S/C16H24O.C8H11N/c1-3-5-10-15(4-2)16-11-6-8-14(13-16)9-7-12-17;1-7-4-2-3-5-8(9)6-7/h6,8,11-13,15H,3-5,7,9-10H2,1-2H3;2,4-6H,3,9H2,1H3. The van der Waals surface area contributed by atoms with Gasteiger partial charge in [0.05, 0.1) is 0 Å². The van der Waals surface area contributed by atoms with Gasteiger partial charge >= 0.3 is 0 Å². The molecule has 0 fully saturated rings. The number of carbonyl (C=O) groups is 1. The van der Waals surface area contributed by atoms with Crippen molar-refractivity contribution in [2.45, 2.75) is 71.6 Å². The van der Waals surface area contributed by atoms with Crippen LogP contribution >= 0.6 is 0 Å². The molecule has 0 radical (unpaired) electrons. The lowest BCUT2D eigenvalue weighted by Crippen LogP contribution is -1.98. The molecule has 26 heavy (non-hydrogen) atoms. The number of unbranched alkanes of at least 4 members (excludes halogenated alkanes) is 1. The number of allylic oxidation sites excluding steroid dienone is 5. The van der Waals surface area contributed by atoms with E-state index in [2.05, 4.69) is 50.3 Å². The summed E-state index contributed by atoms with van der Waals surface area (Å²) in [5.41, 5.74) is 10.4. The SMILES string of the molecule is CC1=CC(N)=CCC=C1.CCCCC(CC)c1cccc(CCC=O)c1. The third-order valence-electron chi connectivity index (χ3n) is 4.64. The second-order valence-electron chi connectivity index (χ2n) is 6.93. The van der Waals surface area contributed by atoms with E-state index in [9.17, 15) is 4.79 Å². The maximum absolute atomic E-state index is 10.4. The molecule has 0 bridgehead atoms. The summed E-state index contributed by atoms with van der Waals surface area (Å²) in [6, 6.07) is 8.77. The third kappa shape index (κ3) is 8.84. The molecule has 2 N–H and O–H groups in total. The van der Waals surface area contributed by atoms with Crippen molar-refractivity contribution < 1.29 is 4.79 Å². The summed E-state index contributed by atoms with van der Waals surface area (Å²) in [4.78, 5) is 10.4. The zero-order valence-electron chi connectivity index (χ0n) is 16.7. The van der Waals surface area contributed by atoms with Crippen LogP contribution in [0.3, 0.4) is 0 Å². The van der Waals surface area contributed by atoms with Gasteiger partial charge in [0, 0.05) is 12.1 Å². The Morgan fingerprint density at radius 2 is 2.08 bits per heavy atom. The normalized spacial score (nSPS) is 14.4. The van der Waals surface area contributed by atoms with E-state index in [1.165, 1.54) is 42.4 Å². The van der Waals surface area contributed by atoms with Crippen LogP contribution in [0.4, 0.5) is 0 Å². The molecule has 1 aliphatic carbocycles. The fraction of sp³-hybridized carbons (Fsp3) is 0.458. The molecule has 1 aromatic carbocycles. The summed E-state index contributed by atoms with van der Waals surface area (Å²) in [6.45, 7) is 6.55. The molecular weight excluding hydrogens is 318 g/mol. The van der Waals surface area contributed by atoms with Crippen molar-refractivity contribution in [3.8, 4) is 0 Å². The minimum atomic E-state index is 0.634. The van der Waals surface area contributed by atoms with Crippen LogP contribution in [0.2, 0.25) is 0 Å². The van der Waals surface area contributed by atoms with Gasteiger partial charge in [-0.3, -0.25) is 0 Å². The van der Waals surface area contributed by atoms with Gasteiger partial charge in [0.25, 0.3) is 0 Å². The number of hydrogen-bond acceptors (Lipinski definition) is 2. The molecule has 1 atom stereocenters. The third-order valence-corrected chi connectivity index (χ3v) is 4.64. The molecule has 2 rings (SSSR count). The lowest BCUT2D eigenvalue weighted by molar-refractivity contribution is -0.107. The molecule has 0 heterocycles. The molecule has 0 saturated heterocycles. The molecular formula is C24H35NO.